The standard InChI is InChI=1S/C26H20N2/c27-25(28)21-15-9-17-23-24(21)20-14-7-8-16-22(20)26(23,18-10-3-1-4-11-18)19-12-5-2-6-13-19/h1-17H,(H3,27,28). The van der Waals surface area contributed by atoms with Crippen LogP contribution in [0.4, 0.5) is 0 Å². The van der Waals surface area contributed by atoms with Crippen molar-refractivity contribution in [2.24, 2.45) is 5.73 Å². The zero-order chi connectivity index (χ0) is 19.1. The van der Waals surface area contributed by atoms with Crippen LogP contribution in [0, 0.1) is 5.41 Å². The second-order valence-electron chi connectivity index (χ2n) is 7.17. The van der Waals surface area contributed by atoms with Gasteiger partial charge in [-0.05, 0) is 33.4 Å². The van der Waals surface area contributed by atoms with E-state index in [0.717, 1.165) is 16.7 Å². The quantitative estimate of drug-likeness (QED) is 0.331. The molecule has 0 radical (unpaired) electrons. The van der Waals surface area contributed by atoms with Crippen molar-refractivity contribution in [1.29, 1.82) is 5.41 Å². The van der Waals surface area contributed by atoms with Crippen molar-refractivity contribution in [3.05, 3.63) is 131 Å². The lowest BCUT2D eigenvalue weighted by molar-refractivity contribution is 0.768. The smallest absolute Gasteiger partial charge is 0.123 e. The molecule has 0 heterocycles. The number of nitrogen functional groups attached to an aromatic ring is 1. The fourth-order valence-corrected chi connectivity index (χ4v) is 4.72. The number of hydrogen-bond donors (Lipinski definition) is 2. The maximum atomic E-state index is 8.16. The number of rotatable bonds is 3. The highest BCUT2D eigenvalue weighted by molar-refractivity contribution is 6.05. The summed E-state index contributed by atoms with van der Waals surface area (Å²) >= 11 is 0. The van der Waals surface area contributed by atoms with E-state index in [1.54, 1.807) is 0 Å². The molecule has 0 atom stereocenters. The minimum absolute atomic E-state index is 0.101. The SMILES string of the molecule is N=C(N)c1cccc2c1-c1ccccc1C2(c1ccccc1)c1ccccc1. The topological polar surface area (TPSA) is 49.9 Å². The molecule has 0 unspecified atom stereocenters. The Morgan fingerprint density at radius 1 is 0.607 bits per heavy atom. The Bertz CT molecular complexity index is 1140. The van der Waals surface area contributed by atoms with Crippen LogP contribution in [0.2, 0.25) is 0 Å². The van der Waals surface area contributed by atoms with E-state index in [0.29, 0.717) is 0 Å². The first-order chi connectivity index (χ1) is 13.7. The molecule has 0 amide bonds. The van der Waals surface area contributed by atoms with E-state index >= 15 is 0 Å². The monoisotopic (exact) mass is 360 g/mol. The summed E-state index contributed by atoms with van der Waals surface area (Å²) in [6.45, 7) is 0. The number of fused-ring (bicyclic) bond motifs is 3. The Labute approximate surface area is 164 Å². The highest BCUT2D eigenvalue weighted by Gasteiger charge is 2.46. The molecule has 28 heavy (non-hydrogen) atoms. The van der Waals surface area contributed by atoms with E-state index < -0.39 is 5.41 Å². The van der Waals surface area contributed by atoms with Crippen molar-refractivity contribution < 1.29 is 0 Å². The van der Waals surface area contributed by atoms with Crippen LogP contribution in [0.3, 0.4) is 0 Å². The average molecular weight is 360 g/mol. The number of nitrogens with one attached hydrogen (secondary N) is 1. The van der Waals surface area contributed by atoms with Crippen molar-refractivity contribution in [3.8, 4) is 11.1 Å². The molecular weight excluding hydrogens is 340 g/mol. The second-order valence-corrected chi connectivity index (χ2v) is 7.17. The minimum atomic E-state index is -0.431. The molecule has 3 N–H and O–H groups in total. The van der Waals surface area contributed by atoms with E-state index in [9.17, 15) is 0 Å². The van der Waals surface area contributed by atoms with Gasteiger partial charge in [0.05, 0.1) is 5.41 Å². The highest BCUT2D eigenvalue weighted by Crippen LogP contribution is 2.56. The van der Waals surface area contributed by atoms with Gasteiger partial charge in [-0.3, -0.25) is 5.41 Å². The molecule has 4 aromatic carbocycles. The normalized spacial score (nSPS) is 13.6. The van der Waals surface area contributed by atoms with Crippen molar-refractivity contribution in [3.63, 3.8) is 0 Å². The third kappa shape index (κ3) is 2.12. The lowest BCUT2D eigenvalue weighted by Crippen LogP contribution is -2.28. The molecule has 2 nitrogen and oxygen atoms in total. The molecule has 1 aliphatic rings. The van der Waals surface area contributed by atoms with Gasteiger partial charge in [-0.15, -0.1) is 0 Å². The summed E-state index contributed by atoms with van der Waals surface area (Å²) in [7, 11) is 0. The van der Waals surface area contributed by atoms with Crippen LogP contribution in [-0.4, -0.2) is 5.84 Å². The Morgan fingerprint density at radius 2 is 1.14 bits per heavy atom. The van der Waals surface area contributed by atoms with Gasteiger partial charge in [-0.25, -0.2) is 0 Å². The fourth-order valence-electron chi connectivity index (χ4n) is 4.72. The van der Waals surface area contributed by atoms with Crippen molar-refractivity contribution in [2.75, 3.05) is 0 Å². The summed E-state index contributed by atoms with van der Waals surface area (Å²) in [5.74, 6) is 0.101. The van der Waals surface area contributed by atoms with Crippen molar-refractivity contribution in [1.82, 2.24) is 0 Å². The van der Waals surface area contributed by atoms with Gasteiger partial charge in [0.25, 0.3) is 0 Å². The van der Waals surface area contributed by atoms with Crippen molar-refractivity contribution in [2.45, 2.75) is 5.41 Å². The first-order valence-electron chi connectivity index (χ1n) is 9.43. The summed E-state index contributed by atoms with van der Waals surface area (Å²) in [6, 6.07) is 35.9. The summed E-state index contributed by atoms with van der Waals surface area (Å²) in [5, 5.41) is 8.16. The third-order valence-electron chi connectivity index (χ3n) is 5.77. The summed E-state index contributed by atoms with van der Waals surface area (Å²) in [4.78, 5) is 0. The van der Waals surface area contributed by atoms with Gasteiger partial charge < -0.3 is 5.73 Å². The molecule has 4 aromatic rings. The Balaban J connectivity index is 2.00. The zero-order valence-electron chi connectivity index (χ0n) is 15.4. The lowest BCUT2D eigenvalue weighted by Gasteiger charge is -2.33. The maximum Gasteiger partial charge on any atom is 0.123 e. The van der Waals surface area contributed by atoms with Crippen molar-refractivity contribution >= 4 is 5.84 Å². The van der Waals surface area contributed by atoms with Crippen LogP contribution >= 0.6 is 0 Å². The molecular formula is C26H20N2. The van der Waals surface area contributed by atoms with Crippen LogP contribution in [0.25, 0.3) is 11.1 Å². The second kappa shape index (κ2) is 6.21. The van der Waals surface area contributed by atoms with E-state index in [4.69, 9.17) is 11.1 Å². The Morgan fingerprint density at radius 3 is 1.75 bits per heavy atom. The Kier molecular flexibility index (Phi) is 3.66. The zero-order valence-corrected chi connectivity index (χ0v) is 15.4. The molecule has 0 aromatic heterocycles. The van der Waals surface area contributed by atoms with E-state index in [1.165, 1.54) is 22.3 Å². The van der Waals surface area contributed by atoms with Crippen LogP contribution in [0.1, 0.15) is 27.8 Å². The molecule has 0 fully saturated rings. The molecule has 5 rings (SSSR count). The minimum Gasteiger partial charge on any atom is -0.384 e. The highest BCUT2D eigenvalue weighted by atomic mass is 14.7. The third-order valence-corrected chi connectivity index (χ3v) is 5.77. The van der Waals surface area contributed by atoms with Crippen LogP contribution in [0.5, 0.6) is 0 Å². The number of amidine groups is 1. The largest absolute Gasteiger partial charge is 0.384 e. The van der Waals surface area contributed by atoms with E-state index in [2.05, 4.69) is 91.0 Å². The maximum absolute atomic E-state index is 8.16. The van der Waals surface area contributed by atoms with Gasteiger partial charge in [0.1, 0.15) is 5.84 Å². The van der Waals surface area contributed by atoms with E-state index in [1.807, 2.05) is 12.1 Å². The molecule has 2 heteroatoms. The van der Waals surface area contributed by atoms with E-state index in [-0.39, 0.29) is 5.84 Å². The molecule has 1 aliphatic carbocycles. The van der Waals surface area contributed by atoms with Gasteiger partial charge in [-0.2, -0.15) is 0 Å². The first kappa shape index (κ1) is 16.5. The van der Waals surface area contributed by atoms with Gasteiger partial charge in [-0.1, -0.05) is 103 Å². The van der Waals surface area contributed by atoms with Crippen LogP contribution in [0.15, 0.2) is 103 Å². The lowest BCUT2D eigenvalue weighted by atomic mass is 9.67. The average Bonchev–Trinajstić information content (AvgIpc) is 3.06. The van der Waals surface area contributed by atoms with Crippen LogP contribution < -0.4 is 5.73 Å². The van der Waals surface area contributed by atoms with Gasteiger partial charge in [0.2, 0.25) is 0 Å². The van der Waals surface area contributed by atoms with Crippen LogP contribution in [-0.2, 0) is 5.41 Å². The summed E-state index contributed by atoms with van der Waals surface area (Å²) in [5.41, 5.74) is 13.4. The van der Waals surface area contributed by atoms with Gasteiger partial charge >= 0.3 is 0 Å². The molecule has 0 aliphatic heterocycles. The summed E-state index contributed by atoms with van der Waals surface area (Å²) in [6.07, 6.45) is 0. The molecule has 0 saturated carbocycles. The predicted molar refractivity (Wildman–Crippen MR) is 115 cm³/mol. The predicted octanol–water partition coefficient (Wildman–Crippen LogP) is 5.33. The summed E-state index contributed by atoms with van der Waals surface area (Å²) < 4.78 is 0. The fraction of sp³-hybridized carbons (Fsp3) is 0.0385. The first-order valence-corrected chi connectivity index (χ1v) is 9.43. The molecule has 0 spiro atoms. The molecule has 134 valence electrons. The van der Waals surface area contributed by atoms with Gasteiger partial charge in [0.15, 0.2) is 0 Å². The number of benzene rings is 4. The Hall–Kier alpha value is -3.65. The molecule has 0 bridgehead atoms. The van der Waals surface area contributed by atoms with Gasteiger partial charge in [0, 0.05) is 5.56 Å². The number of nitrogens with two attached hydrogens (primary N) is 1. The molecule has 0 saturated heterocycles. The number of hydrogen-bond acceptors (Lipinski definition) is 1.